The van der Waals surface area contributed by atoms with Gasteiger partial charge in [-0.2, -0.15) is 0 Å². The number of anilines is 1. The first-order valence-electron chi connectivity index (χ1n) is 8.56. The third-order valence-electron chi connectivity index (χ3n) is 4.31. The van der Waals surface area contributed by atoms with Gasteiger partial charge < -0.3 is 14.8 Å². The summed E-state index contributed by atoms with van der Waals surface area (Å²) in [5.41, 5.74) is -0.0900. The molecule has 0 fully saturated rings. The van der Waals surface area contributed by atoms with E-state index >= 15 is 0 Å². The van der Waals surface area contributed by atoms with Crippen molar-refractivity contribution in [3.63, 3.8) is 0 Å². The SMILES string of the molecule is COc1cc([N+](=O)[O-])ccc1NC(=O)[C@H](C)OC(=O)C(C)(C)c1ccccc1. The topological polar surface area (TPSA) is 108 Å². The molecule has 0 aliphatic rings. The number of amides is 1. The third-order valence-corrected chi connectivity index (χ3v) is 4.31. The summed E-state index contributed by atoms with van der Waals surface area (Å²) in [5.74, 6) is -0.993. The van der Waals surface area contributed by atoms with Crippen LogP contribution in [0.4, 0.5) is 11.4 Å². The molecule has 8 nitrogen and oxygen atoms in total. The molecule has 0 heterocycles. The van der Waals surface area contributed by atoms with Gasteiger partial charge in [-0.3, -0.25) is 19.7 Å². The van der Waals surface area contributed by atoms with Crippen LogP contribution < -0.4 is 10.1 Å². The Morgan fingerprint density at radius 3 is 2.36 bits per heavy atom. The molecular formula is C20H22N2O6. The summed E-state index contributed by atoms with van der Waals surface area (Å²) in [6, 6.07) is 12.9. The first-order chi connectivity index (χ1) is 13.2. The summed E-state index contributed by atoms with van der Waals surface area (Å²) in [4.78, 5) is 35.3. The molecule has 2 aromatic rings. The molecule has 0 saturated carbocycles. The van der Waals surface area contributed by atoms with E-state index in [1.54, 1.807) is 13.8 Å². The standard InChI is InChI=1S/C20H22N2O6/c1-13(28-19(24)20(2,3)14-8-6-5-7-9-14)18(23)21-16-11-10-15(22(25)26)12-17(16)27-4/h5-13H,1-4H3,(H,21,23)/t13-/m0/s1. The van der Waals surface area contributed by atoms with Gasteiger partial charge in [0.05, 0.1) is 29.2 Å². The summed E-state index contributed by atoms with van der Waals surface area (Å²) in [5, 5.41) is 13.4. The fraction of sp³-hybridized carbons (Fsp3) is 0.300. The van der Waals surface area contributed by atoms with Crippen molar-refractivity contribution < 1.29 is 24.0 Å². The quantitative estimate of drug-likeness (QED) is 0.444. The molecule has 2 aromatic carbocycles. The van der Waals surface area contributed by atoms with Crippen molar-refractivity contribution in [3.05, 3.63) is 64.2 Å². The fourth-order valence-corrected chi connectivity index (χ4v) is 2.47. The summed E-state index contributed by atoms with van der Waals surface area (Å²) in [6.07, 6.45) is -1.07. The molecule has 0 aromatic heterocycles. The van der Waals surface area contributed by atoms with Gasteiger partial charge in [0.2, 0.25) is 0 Å². The van der Waals surface area contributed by atoms with Crippen LogP contribution in [-0.4, -0.2) is 30.0 Å². The molecule has 0 aliphatic carbocycles. The lowest BCUT2D eigenvalue weighted by Gasteiger charge is -2.25. The highest BCUT2D eigenvalue weighted by atomic mass is 16.6. The van der Waals surface area contributed by atoms with Gasteiger partial charge >= 0.3 is 5.97 Å². The zero-order valence-corrected chi connectivity index (χ0v) is 16.1. The number of rotatable bonds is 7. The summed E-state index contributed by atoms with van der Waals surface area (Å²) in [7, 11) is 1.33. The Balaban J connectivity index is 2.09. The smallest absolute Gasteiger partial charge is 0.316 e. The second-order valence-electron chi connectivity index (χ2n) is 6.67. The number of nitrogens with one attached hydrogen (secondary N) is 1. The van der Waals surface area contributed by atoms with Crippen LogP contribution in [0.5, 0.6) is 5.75 Å². The number of carbonyl (C=O) groups excluding carboxylic acids is 2. The number of methoxy groups -OCH3 is 1. The average Bonchev–Trinajstić information content (AvgIpc) is 2.68. The molecule has 0 unspecified atom stereocenters. The molecule has 0 saturated heterocycles. The molecule has 0 spiro atoms. The van der Waals surface area contributed by atoms with Crippen LogP contribution in [0.1, 0.15) is 26.3 Å². The van der Waals surface area contributed by atoms with Crippen LogP contribution in [0.2, 0.25) is 0 Å². The molecule has 148 valence electrons. The average molecular weight is 386 g/mol. The maximum absolute atomic E-state index is 12.6. The number of hydrogen-bond acceptors (Lipinski definition) is 6. The Bertz CT molecular complexity index is 880. The molecule has 8 heteroatoms. The van der Waals surface area contributed by atoms with E-state index in [-0.39, 0.29) is 17.1 Å². The van der Waals surface area contributed by atoms with Gasteiger partial charge in [-0.05, 0) is 32.4 Å². The van der Waals surface area contributed by atoms with Crippen molar-refractivity contribution in [2.24, 2.45) is 0 Å². The van der Waals surface area contributed by atoms with Gasteiger partial charge in [-0.25, -0.2) is 0 Å². The van der Waals surface area contributed by atoms with E-state index in [1.165, 1.54) is 32.2 Å². The van der Waals surface area contributed by atoms with E-state index in [0.29, 0.717) is 0 Å². The fourth-order valence-electron chi connectivity index (χ4n) is 2.47. The molecule has 1 atom stereocenters. The second kappa shape index (κ2) is 8.51. The predicted molar refractivity (Wildman–Crippen MR) is 103 cm³/mol. The Hall–Kier alpha value is -3.42. The molecule has 2 rings (SSSR count). The van der Waals surface area contributed by atoms with Gasteiger partial charge in [-0.1, -0.05) is 30.3 Å². The van der Waals surface area contributed by atoms with Crippen molar-refractivity contribution in [1.29, 1.82) is 0 Å². The highest BCUT2D eigenvalue weighted by molar-refractivity contribution is 5.97. The molecule has 0 radical (unpaired) electrons. The Kier molecular flexibility index (Phi) is 6.35. The van der Waals surface area contributed by atoms with Crippen molar-refractivity contribution in [3.8, 4) is 5.75 Å². The van der Waals surface area contributed by atoms with E-state index in [9.17, 15) is 19.7 Å². The Labute approximate surface area is 162 Å². The van der Waals surface area contributed by atoms with Crippen molar-refractivity contribution in [1.82, 2.24) is 0 Å². The Morgan fingerprint density at radius 1 is 1.14 bits per heavy atom. The molecule has 28 heavy (non-hydrogen) atoms. The highest BCUT2D eigenvalue weighted by Crippen LogP contribution is 2.29. The molecule has 0 bridgehead atoms. The summed E-state index contributed by atoms with van der Waals surface area (Å²) in [6.45, 7) is 4.88. The first-order valence-corrected chi connectivity index (χ1v) is 8.56. The van der Waals surface area contributed by atoms with Crippen LogP contribution >= 0.6 is 0 Å². The molecule has 0 aliphatic heterocycles. The minimum Gasteiger partial charge on any atom is -0.494 e. The highest BCUT2D eigenvalue weighted by Gasteiger charge is 2.34. The molecular weight excluding hydrogens is 364 g/mol. The van der Waals surface area contributed by atoms with Crippen LogP contribution in [-0.2, 0) is 19.7 Å². The minimum absolute atomic E-state index is 0.130. The lowest BCUT2D eigenvalue weighted by atomic mass is 9.85. The van der Waals surface area contributed by atoms with Crippen LogP contribution in [0, 0.1) is 10.1 Å². The van der Waals surface area contributed by atoms with Gasteiger partial charge in [0, 0.05) is 6.07 Å². The van der Waals surface area contributed by atoms with Crippen molar-refractivity contribution in [2.45, 2.75) is 32.3 Å². The van der Waals surface area contributed by atoms with E-state index < -0.39 is 28.3 Å². The van der Waals surface area contributed by atoms with Gasteiger partial charge in [0.25, 0.3) is 11.6 Å². The second-order valence-corrected chi connectivity index (χ2v) is 6.67. The van der Waals surface area contributed by atoms with Crippen molar-refractivity contribution in [2.75, 3.05) is 12.4 Å². The number of nitro benzene ring substituents is 1. The van der Waals surface area contributed by atoms with Gasteiger partial charge in [0.1, 0.15) is 5.75 Å². The number of non-ortho nitro benzene ring substituents is 1. The number of nitro groups is 1. The van der Waals surface area contributed by atoms with Gasteiger partial charge in [-0.15, -0.1) is 0 Å². The predicted octanol–water partition coefficient (Wildman–Crippen LogP) is 3.45. The number of carbonyl (C=O) groups is 2. The first kappa shape index (κ1) is 20.9. The minimum atomic E-state index is -1.07. The lowest BCUT2D eigenvalue weighted by Crippen LogP contribution is -2.37. The number of benzene rings is 2. The van der Waals surface area contributed by atoms with Crippen molar-refractivity contribution >= 4 is 23.3 Å². The zero-order chi connectivity index (χ0) is 20.9. The Morgan fingerprint density at radius 2 is 1.79 bits per heavy atom. The van der Waals surface area contributed by atoms with E-state index in [1.807, 2.05) is 30.3 Å². The lowest BCUT2D eigenvalue weighted by molar-refractivity contribution is -0.384. The molecule has 1 N–H and O–H groups in total. The number of nitrogens with zero attached hydrogens (tertiary/aromatic N) is 1. The maximum Gasteiger partial charge on any atom is 0.316 e. The van der Waals surface area contributed by atoms with E-state index in [0.717, 1.165) is 5.56 Å². The van der Waals surface area contributed by atoms with E-state index in [4.69, 9.17) is 9.47 Å². The molecule has 1 amide bonds. The van der Waals surface area contributed by atoms with E-state index in [2.05, 4.69) is 5.32 Å². The maximum atomic E-state index is 12.6. The summed E-state index contributed by atoms with van der Waals surface area (Å²) >= 11 is 0. The van der Waals surface area contributed by atoms with Crippen LogP contribution in [0.15, 0.2) is 48.5 Å². The number of ether oxygens (including phenoxy) is 2. The number of hydrogen-bond donors (Lipinski definition) is 1. The van der Waals surface area contributed by atoms with Crippen LogP contribution in [0.25, 0.3) is 0 Å². The van der Waals surface area contributed by atoms with Gasteiger partial charge in [0.15, 0.2) is 6.10 Å². The third kappa shape index (κ3) is 4.64. The summed E-state index contributed by atoms with van der Waals surface area (Å²) < 4.78 is 10.4. The zero-order valence-electron chi connectivity index (χ0n) is 16.1. The number of esters is 1. The monoisotopic (exact) mass is 386 g/mol. The largest absolute Gasteiger partial charge is 0.494 e. The van der Waals surface area contributed by atoms with Crippen LogP contribution in [0.3, 0.4) is 0 Å². The normalized spacial score (nSPS) is 12.0.